The Labute approximate surface area is 176 Å². The van der Waals surface area contributed by atoms with Gasteiger partial charge in [-0.1, -0.05) is 24.3 Å². The van der Waals surface area contributed by atoms with Crippen molar-refractivity contribution in [3.8, 4) is 11.5 Å². The lowest BCUT2D eigenvalue weighted by atomic mass is 10.2. The highest BCUT2D eigenvalue weighted by Crippen LogP contribution is 2.27. The van der Waals surface area contributed by atoms with Crippen molar-refractivity contribution in [3.05, 3.63) is 87.3 Å². The number of carbonyl (C=O) groups excluding carboxylic acids is 1. The van der Waals surface area contributed by atoms with Crippen LogP contribution in [0, 0.1) is 6.92 Å². The highest BCUT2D eigenvalue weighted by molar-refractivity contribution is 7.15. The van der Waals surface area contributed by atoms with E-state index in [1.165, 1.54) is 24.5 Å². The Morgan fingerprint density at radius 2 is 1.87 bits per heavy atom. The molecule has 4 rings (SSSR count). The average Bonchev–Trinajstić information content (AvgIpc) is 3.14. The number of nitrogens with one attached hydrogen (secondary N) is 1. The zero-order valence-corrected chi connectivity index (χ0v) is 17.2. The van der Waals surface area contributed by atoms with Crippen molar-refractivity contribution in [1.29, 1.82) is 0 Å². The van der Waals surface area contributed by atoms with Crippen LogP contribution in [0.15, 0.2) is 64.8 Å². The number of carbonyl (C=O) groups is 1. The number of hydrogen-bond donors (Lipinski definition) is 1. The molecule has 0 radical (unpaired) electrons. The summed E-state index contributed by atoms with van der Waals surface area (Å²) in [4.78, 5) is 30.1. The Morgan fingerprint density at radius 1 is 1.13 bits per heavy atom. The van der Waals surface area contributed by atoms with Crippen molar-refractivity contribution in [2.45, 2.75) is 13.5 Å². The van der Waals surface area contributed by atoms with Gasteiger partial charge in [-0.25, -0.2) is 4.98 Å². The zero-order valence-electron chi connectivity index (χ0n) is 16.4. The average molecular weight is 421 g/mol. The maximum absolute atomic E-state index is 12.7. The van der Waals surface area contributed by atoms with Gasteiger partial charge in [0.2, 0.25) is 0 Å². The second kappa shape index (κ2) is 8.38. The Balaban J connectivity index is 1.54. The Hall–Kier alpha value is -3.65. The summed E-state index contributed by atoms with van der Waals surface area (Å²) in [6, 6.07) is 15.5. The molecule has 4 aromatic rings. The fourth-order valence-electron chi connectivity index (χ4n) is 3.04. The van der Waals surface area contributed by atoms with Gasteiger partial charge in [0, 0.05) is 17.1 Å². The molecule has 152 valence electrons. The van der Waals surface area contributed by atoms with Crippen molar-refractivity contribution in [2.24, 2.45) is 0 Å². The number of nitrogens with zero attached hydrogens (tertiary/aromatic N) is 2. The van der Waals surface area contributed by atoms with E-state index in [1.54, 1.807) is 46.9 Å². The first-order valence-corrected chi connectivity index (χ1v) is 10.1. The van der Waals surface area contributed by atoms with Gasteiger partial charge in [-0.3, -0.25) is 14.0 Å². The van der Waals surface area contributed by atoms with Crippen LogP contribution >= 0.6 is 11.3 Å². The quantitative estimate of drug-likeness (QED) is 0.511. The van der Waals surface area contributed by atoms with E-state index in [9.17, 15) is 9.59 Å². The highest BCUT2D eigenvalue weighted by atomic mass is 32.1. The molecule has 0 fully saturated rings. The largest absolute Gasteiger partial charge is 0.496 e. The summed E-state index contributed by atoms with van der Waals surface area (Å²) in [5.41, 5.74) is 2.16. The van der Waals surface area contributed by atoms with Crippen LogP contribution in [0.5, 0.6) is 11.5 Å². The fourth-order valence-corrected chi connectivity index (χ4v) is 3.93. The van der Waals surface area contributed by atoms with Gasteiger partial charge in [-0.05, 0) is 31.2 Å². The van der Waals surface area contributed by atoms with Gasteiger partial charge in [0.1, 0.15) is 18.1 Å². The molecule has 2 aromatic carbocycles. The van der Waals surface area contributed by atoms with Crippen LogP contribution in [0.3, 0.4) is 0 Å². The molecule has 7 nitrogen and oxygen atoms in total. The number of para-hydroxylation sites is 3. The van der Waals surface area contributed by atoms with Gasteiger partial charge in [0.25, 0.3) is 11.5 Å². The smallest absolute Gasteiger partial charge is 0.259 e. The van der Waals surface area contributed by atoms with Crippen molar-refractivity contribution in [1.82, 2.24) is 9.38 Å². The summed E-state index contributed by atoms with van der Waals surface area (Å²) in [6.07, 6.45) is 0. The third kappa shape index (κ3) is 3.90. The number of fused-ring (bicyclic) bond motifs is 1. The minimum atomic E-state index is -0.310. The third-order valence-corrected chi connectivity index (χ3v) is 5.43. The summed E-state index contributed by atoms with van der Waals surface area (Å²) < 4.78 is 12.7. The Morgan fingerprint density at radius 3 is 2.67 bits per heavy atom. The summed E-state index contributed by atoms with van der Waals surface area (Å²) in [5.74, 6) is 0.651. The van der Waals surface area contributed by atoms with Gasteiger partial charge in [0.15, 0.2) is 4.96 Å². The number of rotatable bonds is 6. The molecule has 2 aromatic heterocycles. The summed E-state index contributed by atoms with van der Waals surface area (Å²) in [7, 11) is 1.52. The lowest BCUT2D eigenvalue weighted by molar-refractivity contribution is 0.102. The molecule has 0 aliphatic heterocycles. The number of aromatic nitrogens is 2. The van der Waals surface area contributed by atoms with Crippen LogP contribution in [0.2, 0.25) is 0 Å². The Bertz CT molecular complexity index is 1280. The van der Waals surface area contributed by atoms with E-state index in [0.29, 0.717) is 33.4 Å². The van der Waals surface area contributed by atoms with Gasteiger partial charge in [0.05, 0.1) is 24.1 Å². The molecule has 0 saturated heterocycles. The number of benzene rings is 2. The SMILES string of the molecule is COc1ccccc1C(=O)Nc1ccccc1OCc1cc(=O)n2c(C)csc2n1. The number of anilines is 1. The van der Waals surface area contributed by atoms with Crippen LogP contribution in [0.1, 0.15) is 21.7 Å². The zero-order chi connectivity index (χ0) is 21.1. The first-order valence-electron chi connectivity index (χ1n) is 9.20. The standard InChI is InChI=1S/C22H19N3O4S/c1-14-13-30-22-23-15(11-20(26)25(14)22)12-29-19-10-6-4-8-17(19)24-21(27)16-7-3-5-9-18(16)28-2/h3-11,13H,12H2,1-2H3,(H,24,27). The van der Waals surface area contributed by atoms with E-state index < -0.39 is 0 Å². The van der Waals surface area contributed by atoms with Crippen molar-refractivity contribution >= 4 is 27.9 Å². The molecular formula is C22H19N3O4S. The van der Waals surface area contributed by atoms with Crippen LogP contribution < -0.4 is 20.3 Å². The minimum absolute atomic E-state index is 0.101. The number of ether oxygens (including phenoxy) is 2. The third-order valence-electron chi connectivity index (χ3n) is 4.49. The van der Waals surface area contributed by atoms with Crippen molar-refractivity contribution < 1.29 is 14.3 Å². The second-order valence-corrected chi connectivity index (χ2v) is 7.36. The fraction of sp³-hybridized carbons (Fsp3) is 0.136. The first kappa shape index (κ1) is 19.7. The molecule has 8 heteroatoms. The number of aryl methyl sites for hydroxylation is 1. The molecule has 2 heterocycles. The van der Waals surface area contributed by atoms with Crippen LogP contribution in [-0.2, 0) is 6.61 Å². The minimum Gasteiger partial charge on any atom is -0.496 e. The molecule has 0 aliphatic carbocycles. The molecule has 0 unspecified atom stereocenters. The summed E-state index contributed by atoms with van der Waals surface area (Å²) in [5, 5.41) is 4.74. The summed E-state index contributed by atoms with van der Waals surface area (Å²) >= 11 is 1.40. The molecule has 0 bridgehead atoms. The molecule has 0 spiro atoms. The maximum Gasteiger partial charge on any atom is 0.259 e. The summed E-state index contributed by atoms with van der Waals surface area (Å²) in [6.45, 7) is 1.97. The molecule has 1 amide bonds. The number of methoxy groups -OCH3 is 1. The van der Waals surface area contributed by atoms with Gasteiger partial charge >= 0.3 is 0 Å². The predicted molar refractivity (Wildman–Crippen MR) is 116 cm³/mol. The maximum atomic E-state index is 12.7. The van der Waals surface area contributed by atoms with E-state index in [1.807, 2.05) is 18.4 Å². The molecule has 0 atom stereocenters. The number of hydrogen-bond acceptors (Lipinski definition) is 6. The van der Waals surface area contributed by atoms with E-state index in [-0.39, 0.29) is 18.1 Å². The topological polar surface area (TPSA) is 81.9 Å². The molecule has 30 heavy (non-hydrogen) atoms. The molecule has 0 saturated carbocycles. The highest BCUT2D eigenvalue weighted by Gasteiger charge is 2.14. The number of thiazole rings is 1. The van der Waals surface area contributed by atoms with Gasteiger partial charge in [-0.15, -0.1) is 11.3 Å². The van der Waals surface area contributed by atoms with Gasteiger partial charge in [-0.2, -0.15) is 0 Å². The monoisotopic (exact) mass is 421 g/mol. The molecular weight excluding hydrogens is 402 g/mol. The number of amides is 1. The van der Waals surface area contributed by atoms with E-state index in [4.69, 9.17) is 9.47 Å². The van der Waals surface area contributed by atoms with E-state index >= 15 is 0 Å². The normalized spacial score (nSPS) is 10.7. The van der Waals surface area contributed by atoms with E-state index in [0.717, 1.165) is 5.69 Å². The lowest BCUT2D eigenvalue weighted by Gasteiger charge is -2.13. The first-order chi connectivity index (χ1) is 14.6. The van der Waals surface area contributed by atoms with Crippen molar-refractivity contribution in [2.75, 3.05) is 12.4 Å². The van der Waals surface area contributed by atoms with Gasteiger partial charge < -0.3 is 14.8 Å². The Kier molecular flexibility index (Phi) is 5.49. The molecule has 0 aliphatic rings. The van der Waals surface area contributed by atoms with Crippen LogP contribution in [0.4, 0.5) is 5.69 Å². The predicted octanol–water partition coefficient (Wildman–Crippen LogP) is 3.90. The van der Waals surface area contributed by atoms with Crippen LogP contribution in [0.25, 0.3) is 4.96 Å². The molecule has 1 N–H and O–H groups in total. The van der Waals surface area contributed by atoms with Crippen LogP contribution in [-0.4, -0.2) is 22.4 Å². The lowest BCUT2D eigenvalue weighted by Crippen LogP contribution is -2.16. The van der Waals surface area contributed by atoms with E-state index in [2.05, 4.69) is 10.3 Å². The van der Waals surface area contributed by atoms with Crippen molar-refractivity contribution in [3.63, 3.8) is 0 Å². The second-order valence-electron chi connectivity index (χ2n) is 6.52.